The first kappa shape index (κ1) is 43.0. The molecule has 1 spiro atoms. The van der Waals surface area contributed by atoms with Crippen LogP contribution >= 0.6 is 22.7 Å². The van der Waals surface area contributed by atoms with Crippen LogP contribution in [0.1, 0.15) is 22.3 Å². The number of hydrogen-bond donors (Lipinski definition) is 0. The first-order valence-corrected chi connectivity index (χ1v) is 28.1. The van der Waals surface area contributed by atoms with Crippen molar-refractivity contribution in [3.05, 3.63) is 289 Å². The molecule has 77 heavy (non-hydrogen) atoms. The highest BCUT2D eigenvalue weighted by atomic mass is 32.1. The van der Waals surface area contributed by atoms with Gasteiger partial charge in [0, 0.05) is 53.7 Å². The minimum atomic E-state index is -0.619. The van der Waals surface area contributed by atoms with E-state index in [4.69, 9.17) is 0 Å². The monoisotopic (exact) mass is 1010 g/mol. The predicted octanol–water partition coefficient (Wildman–Crippen LogP) is 21.2. The zero-order chi connectivity index (χ0) is 50.3. The fourth-order valence-corrected chi connectivity index (χ4v) is 16.1. The fraction of sp³-hybridized carbons (Fsp3) is 0.0137. The molecule has 0 unspecified atom stereocenters. The van der Waals surface area contributed by atoms with E-state index in [1.165, 1.54) is 129 Å². The van der Waals surface area contributed by atoms with Crippen LogP contribution in [0, 0.1) is 0 Å². The van der Waals surface area contributed by atoms with Crippen molar-refractivity contribution in [1.82, 2.24) is 0 Å². The second-order valence-corrected chi connectivity index (χ2v) is 22.7. The normalized spacial score (nSPS) is 13.0. The van der Waals surface area contributed by atoms with Crippen molar-refractivity contribution in [2.75, 3.05) is 9.80 Å². The molecule has 0 atom stereocenters. The Balaban J connectivity index is 0.919. The molecule has 0 fully saturated rings. The Morgan fingerprint density at radius 2 is 0.740 bits per heavy atom. The van der Waals surface area contributed by atoms with E-state index < -0.39 is 5.41 Å². The average molecular weight is 1010 g/mol. The first-order chi connectivity index (χ1) is 38.2. The zero-order valence-electron chi connectivity index (χ0n) is 41.6. The Morgan fingerprint density at radius 1 is 0.273 bits per heavy atom. The molecule has 2 heterocycles. The maximum atomic E-state index is 2.46. The number of rotatable bonds is 6. The summed E-state index contributed by atoms with van der Waals surface area (Å²) in [5.41, 5.74) is 16.9. The molecule has 0 radical (unpaired) electrons. The van der Waals surface area contributed by atoms with Gasteiger partial charge < -0.3 is 9.80 Å². The Hall–Kier alpha value is -9.32. The summed E-state index contributed by atoms with van der Waals surface area (Å²) in [6.07, 6.45) is 0. The van der Waals surface area contributed by atoms with Crippen molar-refractivity contribution in [3.63, 3.8) is 0 Å². The summed E-state index contributed by atoms with van der Waals surface area (Å²) in [6.45, 7) is 0. The minimum absolute atomic E-state index is 0.619. The molecule has 2 aromatic heterocycles. The largest absolute Gasteiger partial charge is 0.309 e. The molecular weight excluding hydrogens is 969 g/mol. The molecule has 0 N–H and O–H groups in total. The lowest BCUT2D eigenvalue weighted by molar-refractivity contribution is 0.810. The highest BCUT2D eigenvalue weighted by molar-refractivity contribution is 7.26. The highest BCUT2D eigenvalue weighted by Gasteiger charge is 2.53. The van der Waals surface area contributed by atoms with E-state index in [0.717, 1.165) is 22.7 Å². The molecule has 0 bridgehead atoms. The van der Waals surface area contributed by atoms with Crippen LogP contribution < -0.4 is 9.80 Å². The van der Waals surface area contributed by atoms with Crippen molar-refractivity contribution >= 4 is 129 Å². The van der Waals surface area contributed by atoms with Gasteiger partial charge in [-0.3, -0.25) is 0 Å². The van der Waals surface area contributed by atoms with Crippen molar-refractivity contribution in [1.29, 1.82) is 0 Å². The molecule has 0 amide bonds. The van der Waals surface area contributed by atoms with E-state index >= 15 is 0 Å². The van der Waals surface area contributed by atoms with E-state index in [1.54, 1.807) is 0 Å². The maximum Gasteiger partial charge on any atom is 0.0737 e. The lowest BCUT2D eigenvalue weighted by Gasteiger charge is -2.33. The van der Waals surface area contributed by atoms with Crippen LogP contribution in [0.15, 0.2) is 267 Å². The standard InChI is InChI=1S/C73H44N2S2/c1-3-18-48(19-4-1)74(64-29-15-26-59-55-23-10-13-31-66(55)76-71(59)64)50-36-40-53-46(43-50)33-38-57-58-39-34-47-44-51(75(49-20-5-2-6-21-49)65-30-16-27-60-56-24-11-14-32-67(56)77-72(60)65)37-41-54(47)70(58)73(69(53)57)62-28-12-9-25-61(62)68-52-22-8-7-17-45(52)35-42-63(68)73/h1-44H. The van der Waals surface area contributed by atoms with Crippen molar-refractivity contribution in [3.8, 4) is 22.3 Å². The second kappa shape index (κ2) is 16.3. The first-order valence-electron chi connectivity index (χ1n) is 26.5. The predicted molar refractivity (Wildman–Crippen MR) is 330 cm³/mol. The zero-order valence-corrected chi connectivity index (χ0v) is 43.2. The van der Waals surface area contributed by atoms with Gasteiger partial charge in [-0.05, 0) is 150 Å². The van der Waals surface area contributed by atoms with Gasteiger partial charge in [0.15, 0.2) is 0 Å². The van der Waals surface area contributed by atoms with Crippen molar-refractivity contribution in [2.45, 2.75) is 5.41 Å². The smallest absolute Gasteiger partial charge is 0.0737 e. The molecule has 4 heteroatoms. The van der Waals surface area contributed by atoms with Crippen molar-refractivity contribution < 1.29 is 0 Å². The van der Waals surface area contributed by atoms with Crippen LogP contribution in [-0.2, 0) is 5.41 Å². The average Bonchev–Trinajstić information content (AvgIpc) is 4.31. The minimum Gasteiger partial charge on any atom is -0.309 e. The lowest BCUT2D eigenvalue weighted by Crippen LogP contribution is -2.26. The lowest BCUT2D eigenvalue weighted by atomic mass is 9.68. The Kier molecular flexibility index (Phi) is 9.12. The van der Waals surface area contributed by atoms with E-state index in [9.17, 15) is 0 Å². The van der Waals surface area contributed by atoms with Crippen LogP contribution in [0.2, 0.25) is 0 Å². The maximum absolute atomic E-state index is 2.46. The number of fused-ring (bicyclic) bond motifs is 22. The molecule has 2 aliphatic carbocycles. The van der Waals surface area contributed by atoms with E-state index in [1.807, 2.05) is 22.7 Å². The van der Waals surface area contributed by atoms with Crippen molar-refractivity contribution in [2.24, 2.45) is 0 Å². The molecule has 2 nitrogen and oxygen atoms in total. The summed E-state index contributed by atoms with van der Waals surface area (Å²) in [7, 11) is 0. The summed E-state index contributed by atoms with van der Waals surface area (Å²) >= 11 is 3.75. The van der Waals surface area contributed by atoms with Crippen LogP contribution in [0.3, 0.4) is 0 Å². The molecule has 0 aliphatic heterocycles. The summed E-state index contributed by atoms with van der Waals surface area (Å²) in [5, 5.41) is 12.7. The number of para-hydroxylation sites is 2. The van der Waals surface area contributed by atoms with Crippen LogP contribution in [0.25, 0.3) is 94.9 Å². The van der Waals surface area contributed by atoms with Gasteiger partial charge in [0.25, 0.3) is 0 Å². The van der Waals surface area contributed by atoms with Crippen LogP contribution in [-0.4, -0.2) is 0 Å². The molecule has 358 valence electrons. The summed E-state index contributed by atoms with van der Waals surface area (Å²) < 4.78 is 5.17. The summed E-state index contributed by atoms with van der Waals surface area (Å²) in [6, 6.07) is 100. The van der Waals surface area contributed by atoms with Gasteiger partial charge in [-0.1, -0.05) is 194 Å². The molecule has 15 aromatic rings. The van der Waals surface area contributed by atoms with Gasteiger partial charge in [0.1, 0.15) is 0 Å². The molecule has 17 rings (SSSR count). The molecule has 0 saturated carbocycles. The molecule has 2 aliphatic rings. The van der Waals surface area contributed by atoms with Gasteiger partial charge in [-0.2, -0.15) is 0 Å². The van der Waals surface area contributed by atoms with Gasteiger partial charge in [0.2, 0.25) is 0 Å². The number of benzene rings is 13. The SMILES string of the molecule is c1ccc(N(c2ccc3c4c(ccc3c2)-c2ccc3cc(N(c5ccccc5)c5cccc6c5sc5ccccc56)ccc3c2C42c3ccccc3-c3c2ccc2ccccc32)c2cccc3c2sc2ccccc23)cc1. The topological polar surface area (TPSA) is 6.48 Å². The fourth-order valence-electron chi connectivity index (χ4n) is 13.7. The molecule has 13 aromatic carbocycles. The van der Waals surface area contributed by atoms with E-state index in [2.05, 4.69) is 277 Å². The van der Waals surface area contributed by atoms with Gasteiger partial charge in [-0.25, -0.2) is 0 Å². The number of anilines is 6. The van der Waals surface area contributed by atoms with E-state index in [0.29, 0.717) is 0 Å². The number of thiophene rings is 2. The third kappa shape index (κ3) is 6.00. The molecule has 0 saturated heterocycles. The quantitative estimate of drug-likeness (QED) is 0.164. The Morgan fingerprint density at radius 3 is 1.31 bits per heavy atom. The second-order valence-electron chi connectivity index (χ2n) is 20.6. The van der Waals surface area contributed by atoms with Gasteiger partial charge in [0.05, 0.1) is 26.2 Å². The Labute approximate surface area is 453 Å². The van der Waals surface area contributed by atoms with Gasteiger partial charge in [-0.15, -0.1) is 22.7 Å². The van der Waals surface area contributed by atoms with E-state index in [-0.39, 0.29) is 0 Å². The third-order valence-electron chi connectivity index (χ3n) is 16.8. The third-order valence-corrected chi connectivity index (χ3v) is 19.2. The summed E-state index contributed by atoms with van der Waals surface area (Å²) in [5.74, 6) is 0. The number of nitrogens with zero attached hydrogens (tertiary/aromatic N) is 2. The number of hydrogen-bond acceptors (Lipinski definition) is 4. The van der Waals surface area contributed by atoms with Crippen LogP contribution in [0.5, 0.6) is 0 Å². The summed E-state index contributed by atoms with van der Waals surface area (Å²) in [4.78, 5) is 4.93. The van der Waals surface area contributed by atoms with Crippen LogP contribution in [0.4, 0.5) is 34.1 Å². The molecular formula is C73H44N2S2. The van der Waals surface area contributed by atoms with Gasteiger partial charge >= 0.3 is 0 Å². The Bertz CT molecular complexity index is 4710. The highest BCUT2D eigenvalue weighted by Crippen LogP contribution is 2.66.